The minimum absolute atomic E-state index is 0.103. The number of pyridine rings is 1. The van der Waals surface area contributed by atoms with Crippen LogP contribution in [0.2, 0.25) is 0 Å². The number of nitrogens with one attached hydrogen (secondary N) is 1. The first-order valence-corrected chi connectivity index (χ1v) is 6.13. The SMILES string of the molecule is Cn1c(=O)cc(NC2(C#N)CC2)c2cc(N)ccc21. The summed E-state index contributed by atoms with van der Waals surface area (Å²) < 4.78 is 1.58. The van der Waals surface area contributed by atoms with Gasteiger partial charge in [0.05, 0.1) is 17.3 Å². The Hall–Kier alpha value is -2.48. The zero-order valence-corrected chi connectivity index (χ0v) is 10.6. The Balaban J connectivity index is 2.24. The number of nitriles is 1. The van der Waals surface area contributed by atoms with Gasteiger partial charge in [-0.05, 0) is 31.0 Å². The van der Waals surface area contributed by atoms with E-state index in [-0.39, 0.29) is 5.56 Å². The second-order valence-corrected chi connectivity index (χ2v) is 5.05. The molecular weight excluding hydrogens is 240 g/mol. The first-order valence-electron chi connectivity index (χ1n) is 6.13. The van der Waals surface area contributed by atoms with Crippen molar-refractivity contribution in [1.82, 2.24) is 4.57 Å². The second kappa shape index (κ2) is 3.75. The van der Waals surface area contributed by atoms with Crippen LogP contribution in [-0.4, -0.2) is 10.1 Å². The van der Waals surface area contributed by atoms with Crippen LogP contribution < -0.4 is 16.6 Å². The summed E-state index contributed by atoms with van der Waals surface area (Å²) in [6, 6.07) is 9.20. The van der Waals surface area contributed by atoms with Crippen molar-refractivity contribution < 1.29 is 0 Å². The summed E-state index contributed by atoms with van der Waals surface area (Å²) >= 11 is 0. The summed E-state index contributed by atoms with van der Waals surface area (Å²) in [7, 11) is 1.72. The molecule has 1 aliphatic rings. The fourth-order valence-corrected chi connectivity index (χ4v) is 2.23. The Morgan fingerprint density at radius 1 is 1.42 bits per heavy atom. The number of hydrogen-bond donors (Lipinski definition) is 2. The minimum atomic E-state index is -0.510. The Bertz CT molecular complexity index is 765. The number of benzene rings is 1. The molecule has 0 bridgehead atoms. The first kappa shape index (κ1) is 11.6. The summed E-state index contributed by atoms with van der Waals surface area (Å²) in [6.07, 6.45) is 1.62. The molecule has 0 amide bonds. The smallest absolute Gasteiger partial charge is 0.252 e. The summed E-state index contributed by atoms with van der Waals surface area (Å²) in [6.45, 7) is 0. The zero-order chi connectivity index (χ0) is 13.6. The molecule has 96 valence electrons. The number of anilines is 2. The molecule has 0 spiro atoms. The topological polar surface area (TPSA) is 83.8 Å². The molecule has 0 atom stereocenters. The highest BCUT2D eigenvalue weighted by Gasteiger charge is 2.43. The fraction of sp³-hybridized carbons (Fsp3) is 0.286. The van der Waals surface area contributed by atoms with E-state index in [0.717, 1.165) is 23.7 Å². The lowest BCUT2D eigenvalue weighted by atomic mass is 10.1. The molecule has 2 aromatic rings. The van der Waals surface area contributed by atoms with E-state index in [1.54, 1.807) is 17.7 Å². The van der Waals surface area contributed by atoms with Gasteiger partial charge in [-0.1, -0.05) is 0 Å². The van der Waals surface area contributed by atoms with E-state index in [2.05, 4.69) is 11.4 Å². The van der Waals surface area contributed by atoms with Crippen LogP contribution >= 0.6 is 0 Å². The largest absolute Gasteiger partial charge is 0.399 e. The first-order chi connectivity index (χ1) is 9.04. The van der Waals surface area contributed by atoms with Gasteiger partial charge in [0.25, 0.3) is 5.56 Å². The van der Waals surface area contributed by atoms with Gasteiger partial charge in [-0.3, -0.25) is 4.79 Å². The number of fused-ring (bicyclic) bond motifs is 1. The maximum atomic E-state index is 11.9. The molecular formula is C14H14N4O. The Morgan fingerprint density at radius 2 is 2.16 bits per heavy atom. The van der Waals surface area contributed by atoms with Crippen LogP contribution in [0.5, 0.6) is 0 Å². The molecule has 5 nitrogen and oxygen atoms in total. The van der Waals surface area contributed by atoms with E-state index >= 15 is 0 Å². The number of aryl methyl sites for hydroxylation is 1. The Labute approximate surface area is 110 Å². The zero-order valence-electron chi connectivity index (χ0n) is 10.6. The van der Waals surface area contributed by atoms with Gasteiger partial charge in [0.15, 0.2) is 0 Å². The van der Waals surface area contributed by atoms with Gasteiger partial charge in [-0.15, -0.1) is 0 Å². The molecule has 1 heterocycles. The van der Waals surface area contributed by atoms with Crippen molar-refractivity contribution in [2.24, 2.45) is 7.05 Å². The van der Waals surface area contributed by atoms with Gasteiger partial charge in [-0.2, -0.15) is 5.26 Å². The molecule has 3 rings (SSSR count). The molecule has 0 radical (unpaired) electrons. The molecule has 19 heavy (non-hydrogen) atoms. The van der Waals surface area contributed by atoms with Crippen LogP contribution in [0.3, 0.4) is 0 Å². The van der Waals surface area contributed by atoms with Gasteiger partial charge in [0.1, 0.15) is 5.54 Å². The highest BCUT2D eigenvalue weighted by molar-refractivity contribution is 5.94. The van der Waals surface area contributed by atoms with E-state index in [1.165, 1.54) is 6.07 Å². The van der Waals surface area contributed by atoms with E-state index < -0.39 is 5.54 Å². The van der Waals surface area contributed by atoms with Crippen LogP contribution in [0.25, 0.3) is 10.9 Å². The van der Waals surface area contributed by atoms with E-state index in [4.69, 9.17) is 11.0 Å². The standard InChI is InChI=1S/C14H14N4O/c1-18-12-3-2-9(16)6-10(12)11(7-13(18)19)17-14(8-15)4-5-14/h2-3,6-7,17H,4-5,16H2,1H3. The monoisotopic (exact) mass is 254 g/mol. The molecule has 0 unspecified atom stereocenters. The molecule has 1 aliphatic carbocycles. The highest BCUT2D eigenvalue weighted by atomic mass is 16.1. The van der Waals surface area contributed by atoms with Crippen molar-refractivity contribution in [2.45, 2.75) is 18.4 Å². The molecule has 0 aliphatic heterocycles. The van der Waals surface area contributed by atoms with Crippen LogP contribution in [0, 0.1) is 11.3 Å². The molecule has 3 N–H and O–H groups in total. The van der Waals surface area contributed by atoms with Gasteiger partial charge >= 0.3 is 0 Å². The normalized spacial score (nSPS) is 16.0. The minimum Gasteiger partial charge on any atom is -0.399 e. The van der Waals surface area contributed by atoms with Gasteiger partial charge in [0.2, 0.25) is 0 Å². The number of aromatic nitrogens is 1. The third-order valence-electron chi connectivity index (χ3n) is 3.61. The lowest BCUT2D eigenvalue weighted by Gasteiger charge is -2.15. The molecule has 0 saturated heterocycles. The van der Waals surface area contributed by atoms with Crippen LogP contribution in [0.4, 0.5) is 11.4 Å². The predicted molar refractivity (Wildman–Crippen MR) is 74.8 cm³/mol. The Kier molecular flexibility index (Phi) is 2.29. The lowest BCUT2D eigenvalue weighted by Crippen LogP contribution is -2.23. The van der Waals surface area contributed by atoms with E-state index in [9.17, 15) is 4.79 Å². The predicted octanol–water partition coefficient (Wildman–Crippen LogP) is 1.59. The number of rotatable bonds is 2. The quantitative estimate of drug-likeness (QED) is 0.797. The Morgan fingerprint density at radius 3 is 2.79 bits per heavy atom. The number of nitrogens with two attached hydrogens (primary N) is 1. The van der Waals surface area contributed by atoms with Crippen LogP contribution in [0.1, 0.15) is 12.8 Å². The highest BCUT2D eigenvalue weighted by Crippen LogP contribution is 2.39. The van der Waals surface area contributed by atoms with Crippen LogP contribution in [0.15, 0.2) is 29.1 Å². The number of nitrogen functional groups attached to an aromatic ring is 1. The van der Waals surface area contributed by atoms with Crippen molar-refractivity contribution in [3.8, 4) is 6.07 Å². The summed E-state index contributed by atoms with van der Waals surface area (Å²) in [5, 5.41) is 13.2. The number of hydrogen-bond acceptors (Lipinski definition) is 4. The van der Waals surface area contributed by atoms with Crippen LogP contribution in [-0.2, 0) is 7.05 Å². The number of nitrogens with zero attached hydrogens (tertiary/aromatic N) is 2. The average molecular weight is 254 g/mol. The third-order valence-corrected chi connectivity index (χ3v) is 3.61. The second-order valence-electron chi connectivity index (χ2n) is 5.05. The lowest BCUT2D eigenvalue weighted by molar-refractivity contribution is 0.898. The van der Waals surface area contributed by atoms with E-state index in [1.807, 2.05) is 12.1 Å². The van der Waals surface area contributed by atoms with E-state index in [0.29, 0.717) is 11.4 Å². The average Bonchev–Trinajstić information content (AvgIpc) is 3.16. The van der Waals surface area contributed by atoms with Gasteiger partial charge in [-0.25, -0.2) is 0 Å². The molecule has 1 aromatic heterocycles. The molecule has 5 heteroatoms. The summed E-state index contributed by atoms with van der Waals surface area (Å²) in [5.74, 6) is 0. The third kappa shape index (κ3) is 1.82. The van der Waals surface area contributed by atoms with Crippen molar-refractivity contribution in [1.29, 1.82) is 5.26 Å². The molecule has 1 aromatic carbocycles. The summed E-state index contributed by atoms with van der Waals surface area (Å²) in [5.41, 5.74) is 7.32. The molecule has 1 saturated carbocycles. The van der Waals surface area contributed by atoms with Gasteiger partial charge in [0, 0.05) is 24.2 Å². The van der Waals surface area contributed by atoms with Gasteiger partial charge < -0.3 is 15.6 Å². The summed E-state index contributed by atoms with van der Waals surface area (Å²) in [4.78, 5) is 11.9. The maximum absolute atomic E-state index is 11.9. The fourth-order valence-electron chi connectivity index (χ4n) is 2.23. The van der Waals surface area contributed by atoms with Crippen molar-refractivity contribution in [3.05, 3.63) is 34.6 Å². The maximum Gasteiger partial charge on any atom is 0.252 e. The molecule has 1 fully saturated rings. The van der Waals surface area contributed by atoms with Crippen molar-refractivity contribution in [3.63, 3.8) is 0 Å². The van der Waals surface area contributed by atoms with Crippen molar-refractivity contribution in [2.75, 3.05) is 11.1 Å². The van der Waals surface area contributed by atoms with Crippen molar-refractivity contribution >= 4 is 22.3 Å².